The maximum Gasteiger partial charge on any atom is 0.312 e. The molecule has 0 saturated carbocycles. The Morgan fingerprint density at radius 2 is 1.95 bits per heavy atom. The Morgan fingerprint density at radius 3 is 2.47 bits per heavy atom. The van der Waals surface area contributed by atoms with Gasteiger partial charge in [-0.2, -0.15) is 0 Å². The summed E-state index contributed by atoms with van der Waals surface area (Å²) >= 11 is 0. The smallest absolute Gasteiger partial charge is 0.312 e. The van der Waals surface area contributed by atoms with Crippen LogP contribution in [0.25, 0.3) is 0 Å². The molecule has 1 aliphatic rings. The summed E-state index contributed by atoms with van der Waals surface area (Å²) in [5, 5.41) is 18.6. The lowest BCUT2D eigenvalue weighted by atomic mass is 9.74. The van der Waals surface area contributed by atoms with E-state index in [9.17, 15) is 14.7 Å². The fraction of sp³-hybridized carbons (Fsp3) is 0.429. The summed E-state index contributed by atoms with van der Waals surface area (Å²) in [4.78, 5) is 24.7. The van der Waals surface area contributed by atoms with Crippen LogP contribution in [0.2, 0.25) is 0 Å². The minimum absolute atomic E-state index is 0.352. The fourth-order valence-corrected chi connectivity index (χ4v) is 3.03. The Bertz CT molecular complexity index is 487. The summed E-state index contributed by atoms with van der Waals surface area (Å²) in [6.45, 7) is 0.582. The van der Waals surface area contributed by atoms with Crippen LogP contribution in [0.15, 0.2) is 30.3 Å². The van der Waals surface area contributed by atoms with Crippen LogP contribution >= 0.6 is 0 Å². The van der Waals surface area contributed by atoms with Gasteiger partial charge in [0.05, 0.1) is 17.9 Å². The predicted molar refractivity (Wildman–Crippen MR) is 68.8 cm³/mol. The first-order valence-electron chi connectivity index (χ1n) is 6.18. The maximum atomic E-state index is 11.7. The van der Waals surface area contributed by atoms with Crippen molar-refractivity contribution in [1.82, 2.24) is 4.90 Å². The van der Waals surface area contributed by atoms with Crippen LogP contribution < -0.4 is 0 Å². The number of hydrogen-bond donors (Lipinski definition) is 2. The Hall–Kier alpha value is -1.88. The molecule has 0 aromatic heterocycles. The van der Waals surface area contributed by atoms with Gasteiger partial charge in [0.1, 0.15) is 0 Å². The van der Waals surface area contributed by atoms with E-state index in [0.29, 0.717) is 13.0 Å². The SMILES string of the molecule is CN1CC[C@@](CC(=O)O)(C(=O)O)[C@@H]1c1ccccc1. The fourth-order valence-electron chi connectivity index (χ4n) is 3.03. The summed E-state index contributed by atoms with van der Waals surface area (Å²) in [7, 11) is 1.84. The van der Waals surface area contributed by atoms with Crippen molar-refractivity contribution in [3.05, 3.63) is 35.9 Å². The Morgan fingerprint density at radius 1 is 1.32 bits per heavy atom. The maximum absolute atomic E-state index is 11.7. The monoisotopic (exact) mass is 263 g/mol. The number of aliphatic carboxylic acids is 2. The minimum Gasteiger partial charge on any atom is -0.481 e. The van der Waals surface area contributed by atoms with Crippen molar-refractivity contribution in [2.75, 3.05) is 13.6 Å². The van der Waals surface area contributed by atoms with Gasteiger partial charge in [-0.05, 0) is 25.6 Å². The molecule has 1 aromatic rings. The van der Waals surface area contributed by atoms with Crippen LogP contribution in [0.4, 0.5) is 0 Å². The molecule has 1 saturated heterocycles. The molecule has 0 spiro atoms. The lowest BCUT2D eigenvalue weighted by Gasteiger charge is -2.32. The van der Waals surface area contributed by atoms with Gasteiger partial charge in [0, 0.05) is 0 Å². The molecule has 0 amide bonds. The van der Waals surface area contributed by atoms with Gasteiger partial charge in [0.2, 0.25) is 0 Å². The third-order valence-corrected chi connectivity index (χ3v) is 3.88. The molecule has 1 aliphatic heterocycles. The molecule has 19 heavy (non-hydrogen) atoms. The van der Waals surface area contributed by atoms with Gasteiger partial charge in [-0.25, -0.2) is 0 Å². The second-order valence-corrected chi connectivity index (χ2v) is 5.08. The lowest BCUT2D eigenvalue weighted by Crippen LogP contribution is -2.39. The third kappa shape index (κ3) is 2.33. The standard InChI is InChI=1S/C14H17NO4/c1-15-8-7-14(13(18)19,9-11(16)17)12(15)10-5-3-2-4-6-10/h2-6,12H,7-9H2,1H3,(H,16,17)(H,18,19)/t12-,14-/m0/s1. The van der Waals surface area contributed by atoms with E-state index in [1.807, 2.05) is 42.3 Å². The van der Waals surface area contributed by atoms with Crippen LogP contribution in [-0.2, 0) is 9.59 Å². The highest BCUT2D eigenvalue weighted by atomic mass is 16.4. The van der Waals surface area contributed by atoms with Gasteiger partial charge in [0.25, 0.3) is 0 Å². The molecule has 1 heterocycles. The average Bonchev–Trinajstić information content (AvgIpc) is 2.68. The molecule has 1 fully saturated rings. The number of carbonyl (C=O) groups is 2. The molecule has 2 rings (SSSR count). The van der Waals surface area contributed by atoms with Gasteiger partial charge in [-0.1, -0.05) is 30.3 Å². The number of hydrogen-bond acceptors (Lipinski definition) is 3. The normalized spacial score (nSPS) is 27.3. The van der Waals surface area contributed by atoms with E-state index >= 15 is 0 Å². The van der Waals surface area contributed by atoms with Crippen molar-refractivity contribution in [3.63, 3.8) is 0 Å². The highest BCUT2D eigenvalue weighted by Gasteiger charge is 2.53. The summed E-state index contributed by atoms with van der Waals surface area (Å²) in [5.41, 5.74) is -0.395. The first-order valence-corrected chi connectivity index (χ1v) is 6.18. The number of rotatable bonds is 4. The quantitative estimate of drug-likeness (QED) is 0.863. The van der Waals surface area contributed by atoms with E-state index in [-0.39, 0.29) is 6.42 Å². The molecule has 102 valence electrons. The van der Waals surface area contributed by atoms with E-state index in [4.69, 9.17) is 5.11 Å². The zero-order valence-corrected chi connectivity index (χ0v) is 10.7. The van der Waals surface area contributed by atoms with E-state index in [0.717, 1.165) is 5.56 Å². The van der Waals surface area contributed by atoms with Crippen LogP contribution in [0.3, 0.4) is 0 Å². The van der Waals surface area contributed by atoms with Crippen LogP contribution in [0, 0.1) is 5.41 Å². The predicted octanol–water partition coefficient (Wildman–Crippen LogP) is 1.61. The molecule has 0 aliphatic carbocycles. The molecule has 5 heteroatoms. The first kappa shape index (κ1) is 13.5. The number of carboxylic acid groups (broad SMARTS) is 2. The molecule has 1 aromatic carbocycles. The number of nitrogens with zero attached hydrogens (tertiary/aromatic N) is 1. The molecule has 2 atom stereocenters. The van der Waals surface area contributed by atoms with Gasteiger partial charge in [-0.3, -0.25) is 14.5 Å². The van der Waals surface area contributed by atoms with Gasteiger partial charge in [0.15, 0.2) is 0 Å². The van der Waals surface area contributed by atoms with Crippen molar-refractivity contribution in [2.24, 2.45) is 5.41 Å². The van der Waals surface area contributed by atoms with Crippen LogP contribution in [0.1, 0.15) is 24.4 Å². The average molecular weight is 263 g/mol. The van der Waals surface area contributed by atoms with E-state index in [2.05, 4.69) is 0 Å². The van der Waals surface area contributed by atoms with Crippen LogP contribution in [0.5, 0.6) is 0 Å². The second-order valence-electron chi connectivity index (χ2n) is 5.08. The first-order chi connectivity index (χ1) is 8.97. The second kappa shape index (κ2) is 5.01. The minimum atomic E-state index is -1.25. The van der Waals surface area contributed by atoms with Gasteiger partial charge < -0.3 is 10.2 Å². The van der Waals surface area contributed by atoms with Crippen molar-refractivity contribution >= 4 is 11.9 Å². The lowest BCUT2D eigenvalue weighted by molar-refractivity contribution is -0.157. The van der Waals surface area contributed by atoms with Crippen LogP contribution in [-0.4, -0.2) is 40.6 Å². The van der Waals surface area contributed by atoms with E-state index < -0.39 is 23.4 Å². The van der Waals surface area contributed by atoms with Crippen molar-refractivity contribution in [3.8, 4) is 0 Å². The zero-order chi connectivity index (χ0) is 14.0. The zero-order valence-electron chi connectivity index (χ0n) is 10.7. The Balaban J connectivity index is 2.47. The third-order valence-electron chi connectivity index (χ3n) is 3.88. The summed E-state index contributed by atoms with van der Waals surface area (Å²) in [6.07, 6.45) is -0.00305. The molecular weight excluding hydrogens is 246 g/mol. The molecule has 2 N–H and O–H groups in total. The Labute approximate surface area is 111 Å². The number of carboxylic acids is 2. The van der Waals surface area contributed by atoms with E-state index in [1.54, 1.807) is 0 Å². The van der Waals surface area contributed by atoms with Gasteiger partial charge >= 0.3 is 11.9 Å². The molecule has 0 unspecified atom stereocenters. The van der Waals surface area contributed by atoms with Crippen molar-refractivity contribution in [1.29, 1.82) is 0 Å². The van der Waals surface area contributed by atoms with Crippen molar-refractivity contribution in [2.45, 2.75) is 18.9 Å². The summed E-state index contributed by atoms with van der Waals surface area (Å²) in [5.74, 6) is -2.10. The van der Waals surface area contributed by atoms with Crippen molar-refractivity contribution < 1.29 is 19.8 Å². The van der Waals surface area contributed by atoms with E-state index in [1.165, 1.54) is 0 Å². The molecular formula is C14H17NO4. The highest BCUT2D eigenvalue weighted by molar-refractivity contribution is 5.83. The molecule has 0 radical (unpaired) electrons. The Kier molecular flexibility index (Phi) is 3.57. The largest absolute Gasteiger partial charge is 0.481 e. The molecule has 0 bridgehead atoms. The topological polar surface area (TPSA) is 77.8 Å². The molecule has 5 nitrogen and oxygen atoms in total. The number of likely N-dealkylation sites (tertiary alicyclic amines) is 1. The number of benzene rings is 1. The highest BCUT2D eigenvalue weighted by Crippen LogP contribution is 2.49. The van der Waals surface area contributed by atoms with Gasteiger partial charge in [-0.15, -0.1) is 0 Å². The summed E-state index contributed by atoms with van der Waals surface area (Å²) < 4.78 is 0. The summed E-state index contributed by atoms with van der Waals surface area (Å²) in [6, 6.07) is 8.85.